The topological polar surface area (TPSA) is 37.3 Å². The van der Waals surface area contributed by atoms with E-state index in [-0.39, 0.29) is 14.4 Å². The Hall–Kier alpha value is -0.513. The first-order valence-corrected chi connectivity index (χ1v) is 8.57. The van der Waals surface area contributed by atoms with Gasteiger partial charge in [-0.3, -0.25) is 0 Å². The molecule has 1 rings (SSSR count). The van der Waals surface area contributed by atoms with Crippen LogP contribution >= 0.6 is 23.2 Å². The summed E-state index contributed by atoms with van der Waals surface area (Å²) < 4.78 is 0. The summed E-state index contributed by atoms with van der Waals surface area (Å²) in [6.07, 6.45) is 1.93. The molecule has 0 atom stereocenters. The molecule has 0 heterocycles. The van der Waals surface area contributed by atoms with Crippen molar-refractivity contribution in [2.24, 2.45) is 0 Å². The molecule has 0 aliphatic rings. The van der Waals surface area contributed by atoms with Crippen LogP contribution < -0.4 is 0 Å². The summed E-state index contributed by atoms with van der Waals surface area (Å²) in [7, 11) is -0.0859. The van der Waals surface area contributed by atoms with Crippen molar-refractivity contribution in [3.63, 3.8) is 0 Å². The van der Waals surface area contributed by atoms with E-state index in [1.807, 2.05) is 12.1 Å². The van der Waals surface area contributed by atoms with E-state index in [4.69, 9.17) is 28.3 Å². The van der Waals surface area contributed by atoms with Crippen molar-refractivity contribution in [2.45, 2.75) is 29.8 Å². The second-order valence-corrected chi connectivity index (χ2v) is 7.39. The predicted octanol–water partition coefficient (Wildman–Crippen LogP) is 3.13. The maximum atomic E-state index is 10.7. The molecule has 0 aliphatic heterocycles. The molecule has 0 unspecified atom stereocenters. The van der Waals surface area contributed by atoms with Crippen molar-refractivity contribution in [2.75, 3.05) is 0 Å². The van der Waals surface area contributed by atoms with Crippen LogP contribution in [0.4, 0.5) is 0 Å². The Balaban J connectivity index is 2.25. The van der Waals surface area contributed by atoms with Crippen LogP contribution in [0.15, 0.2) is 24.3 Å². The normalized spacial score (nSPS) is 11.5. The Morgan fingerprint density at radius 1 is 1.24 bits per heavy atom. The van der Waals surface area contributed by atoms with Crippen molar-refractivity contribution in [3.8, 4) is 0 Å². The monoisotopic (exact) mass is 290 g/mol. The van der Waals surface area contributed by atoms with E-state index in [1.54, 1.807) is 12.1 Å². The van der Waals surface area contributed by atoms with Crippen molar-refractivity contribution in [3.05, 3.63) is 35.4 Å². The largest absolute Gasteiger partial charge is 0.478 e. The van der Waals surface area contributed by atoms with Gasteiger partial charge < -0.3 is 5.11 Å². The second-order valence-electron chi connectivity index (χ2n) is 3.99. The van der Waals surface area contributed by atoms with Gasteiger partial charge in [0.1, 0.15) is 4.84 Å². The highest BCUT2D eigenvalue weighted by Crippen LogP contribution is 2.11. The lowest BCUT2D eigenvalue weighted by molar-refractivity contribution is 0.0697. The molecule has 1 N–H and O–H groups in total. The molecule has 0 fully saturated rings. The molecule has 0 spiro atoms. The Kier molecular flexibility index (Phi) is 6.63. The van der Waals surface area contributed by atoms with Crippen LogP contribution in [-0.4, -0.2) is 25.4 Å². The Labute approximate surface area is 114 Å². The highest BCUT2D eigenvalue weighted by molar-refractivity contribution is 6.45. The highest BCUT2D eigenvalue weighted by atomic mass is 35.5. The van der Waals surface area contributed by atoms with Crippen LogP contribution in [0.25, 0.3) is 0 Å². The quantitative estimate of drug-likeness (QED) is 0.476. The molecule has 0 radical (unpaired) electrons. The summed E-state index contributed by atoms with van der Waals surface area (Å²) >= 11 is 11.3. The lowest BCUT2D eigenvalue weighted by atomic mass is 10.1. The number of hydrogen-bond donors (Lipinski definition) is 1. The molecule has 0 bridgehead atoms. The van der Waals surface area contributed by atoms with Crippen LogP contribution in [0.3, 0.4) is 0 Å². The summed E-state index contributed by atoms with van der Waals surface area (Å²) in [6, 6.07) is 9.49. The van der Waals surface area contributed by atoms with E-state index in [2.05, 4.69) is 0 Å². The number of hydrogen-bond acceptors (Lipinski definition) is 1. The van der Waals surface area contributed by atoms with E-state index < -0.39 is 5.97 Å². The maximum Gasteiger partial charge on any atom is 0.335 e. The van der Waals surface area contributed by atoms with Crippen molar-refractivity contribution in [1.82, 2.24) is 0 Å². The standard InChI is InChI=1S/C12H16Cl2O2Si/c13-11(14)6-8-17-7-5-9-1-3-10(4-2-9)12(15)16/h1-4,11H,5-8,17H2,(H,15,16). The van der Waals surface area contributed by atoms with Gasteiger partial charge in [-0.25, -0.2) is 4.79 Å². The molecule has 94 valence electrons. The van der Waals surface area contributed by atoms with Gasteiger partial charge in [0.05, 0.1) is 5.56 Å². The molecule has 0 saturated heterocycles. The van der Waals surface area contributed by atoms with Crippen LogP contribution in [-0.2, 0) is 6.42 Å². The molecule has 1 aromatic rings. The van der Waals surface area contributed by atoms with Gasteiger partial charge in [-0.1, -0.05) is 24.2 Å². The Morgan fingerprint density at radius 3 is 2.41 bits per heavy atom. The van der Waals surface area contributed by atoms with Crippen LogP contribution in [0.2, 0.25) is 12.1 Å². The summed E-state index contributed by atoms with van der Waals surface area (Å²) in [6.45, 7) is 0. The van der Waals surface area contributed by atoms with Gasteiger partial charge in [-0.15, -0.1) is 23.2 Å². The first-order chi connectivity index (χ1) is 8.09. The van der Waals surface area contributed by atoms with E-state index in [0.29, 0.717) is 5.56 Å². The fraction of sp³-hybridized carbons (Fsp3) is 0.417. The number of halogens is 2. The highest BCUT2D eigenvalue weighted by Gasteiger charge is 2.02. The van der Waals surface area contributed by atoms with Gasteiger partial charge in [0, 0.05) is 9.52 Å². The minimum atomic E-state index is -0.874. The lowest BCUT2D eigenvalue weighted by Crippen LogP contribution is -1.98. The number of aryl methyl sites for hydroxylation is 1. The molecule has 0 aromatic heterocycles. The third-order valence-electron chi connectivity index (χ3n) is 2.59. The van der Waals surface area contributed by atoms with Gasteiger partial charge in [0.2, 0.25) is 0 Å². The number of rotatable bonds is 7. The number of carbonyl (C=O) groups is 1. The zero-order valence-electron chi connectivity index (χ0n) is 9.53. The first-order valence-electron chi connectivity index (χ1n) is 5.70. The predicted molar refractivity (Wildman–Crippen MR) is 75.4 cm³/mol. The molecule has 2 nitrogen and oxygen atoms in total. The maximum absolute atomic E-state index is 10.7. The van der Waals surface area contributed by atoms with E-state index in [0.717, 1.165) is 12.8 Å². The third kappa shape index (κ3) is 6.10. The van der Waals surface area contributed by atoms with E-state index >= 15 is 0 Å². The molecule has 17 heavy (non-hydrogen) atoms. The first kappa shape index (κ1) is 14.5. The van der Waals surface area contributed by atoms with Gasteiger partial charge in [0.15, 0.2) is 0 Å². The van der Waals surface area contributed by atoms with E-state index in [9.17, 15) is 4.79 Å². The second kappa shape index (κ2) is 7.74. The average molecular weight is 291 g/mol. The third-order valence-corrected chi connectivity index (χ3v) is 4.79. The summed E-state index contributed by atoms with van der Waals surface area (Å²) in [4.78, 5) is 10.4. The van der Waals surface area contributed by atoms with Crippen molar-refractivity contribution < 1.29 is 9.90 Å². The zero-order chi connectivity index (χ0) is 12.7. The molecule has 0 amide bonds. The van der Waals surface area contributed by atoms with Gasteiger partial charge >= 0.3 is 5.97 Å². The Morgan fingerprint density at radius 2 is 1.88 bits per heavy atom. The van der Waals surface area contributed by atoms with Gasteiger partial charge in [0.25, 0.3) is 0 Å². The molecule has 0 aliphatic carbocycles. The van der Waals surface area contributed by atoms with E-state index in [1.165, 1.54) is 17.7 Å². The van der Waals surface area contributed by atoms with Crippen LogP contribution in [0.1, 0.15) is 22.3 Å². The summed E-state index contributed by atoms with van der Waals surface area (Å²) in [5.74, 6) is -0.874. The number of alkyl halides is 2. The minimum Gasteiger partial charge on any atom is -0.478 e. The summed E-state index contributed by atoms with van der Waals surface area (Å²) in [5, 5.41) is 8.76. The zero-order valence-corrected chi connectivity index (χ0v) is 12.5. The molecular formula is C12H16Cl2O2Si. The SMILES string of the molecule is O=C(O)c1ccc(CC[SiH2]CCC(Cl)Cl)cc1. The lowest BCUT2D eigenvalue weighted by Gasteiger charge is -2.02. The number of aromatic carboxylic acids is 1. The van der Waals surface area contributed by atoms with Gasteiger partial charge in [-0.05, 0) is 30.5 Å². The number of benzene rings is 1. The van der Waals surface area contributed by atoms with Gasteiger partial charge in [-0.2, -0.15) is 0 Å². The van der Waals surface area contributed by atoms with Crippen molar-refractivity contribution >= 4 is 38.7 Å². The van der Waals surface area contributed by atoms with Crippen LogP contribution in [0.5, 0.6) is 0 Å². The van der Waals surface area contributed by atoms with Crippen LogP contribution in [0, 0.1) is 0 Å². The Bertz CT molecular complexity index is 352. The smallest absolute Gasteiger partial charge is 0.335 e. The number of carboxylic acids is 1. The average Bonchev–Trinajstić information content (AvgIpc) is 2.29. The fourth-order valence-electron chi connectivity index (χ4n) is 1.62. The minimum absolute atomic E-state index is 0.0859. The molecule has 5 heteroatoms. The fourth-order valence-corrected chi connectivity index (χ4v) is 4.15. The number of carboxylic acid groups (broad SMARTS) is 1. The molecular weight excluding hydrogens is 275 g/mol. The molecule has 0 saturated carbocycles. The van der Waals surface area contributed by atoms with Crippen molar-refractivity contribution in [1.29, 1.82) is 0 Å². The summed E-state index contributed by atoms with van der Waals surface area (Å²) in [5.41, 5.74) is 1.55. The molecule has 1 aromatic carbocycles.